The molecule has 0 saturated heterocycles. The molecule has 0 bridgehead atoms. The predicted molar refractivity (Wildman–Crippen MR) is 223 cm³/mol. The van der Waals surface area contributed by atoms with Gasteiger partial charge in [0.2, 0.25) is 0 Å². The number of benzene rings is 1. The van der Waals surface area contributed by atoms with Crippen LogP contribution in [0.3, 0.4) is 0 Å². The maximum Gasteiger partial charge on any atom is 0.338 e. The molecule has 0 radical (unpaired) electrons. The van der Waals surface area contributed by atoms with Crippen LogP contribution in [-0.4, -0.2) is 74.2 Å². The van der Waals surface area contributed by atoms with E-state index < -0.39 is 0 Å². The van der Waals surface area contributed by atoms with Gasteiger partial charge in [0.15, 0.2) is 0 Å². The van der Waals surface area contributed by atoms with Gasteiger partial charge in [-0.2, -0.15) is 0 Å². The summed E-state index contributed by atoms with van der Waals surface area (Å²) in [5, 5.41) is 0. The summed E-state index contributed by atoms with van der Waals surface area (Å²) in [4.78, 5) is 30.3. The molecule has 0 amide bonds. The third-order valence-electron chi connectivity index (χ3n) is 10.7. The first-order chi connectivity index (χ1) is 25.5. The average molecular weight is 729 g/mol. The number of likely N-dealkylation sites (N-methyl/N-ethyl adjacent to an activating group) is 2. The molecule has 6 nitrogen and oxygen atoms in total. The van der Waals surface area contributed by atoms with Crippen LogP contribution in [0.2, 0.25) is 0 Å². The van der Waals surface area contributed by atoms with E-state index in [0.717, 1.165) is 39.3 Å². The number of hydrogen-bond donors (Lipinski definition) is 0. The van der Waals surface area contributed by atoms with E-state index in [1.807, 2.05) is 0 Å². The second-order valence-electron chi connectivity index (χ2n) is 15.2. The van der Waals surface area contributed by atoms with Gasteiger partial charge in [-0.3, -0.25) is 0 Å². The fraction of sp³-hybridized carbons (Fsp3) is 0.826. The van der Waals surface area contributed by atoms with Crippen LogP contribution in [0.1, 0.15) is 215 Å². The van der Waals surface area contributed by atoms with E-state index >= 15 is 0 Å². The molecule has 6 heteroatoms. The lowest BCUT2D eigenvalue weighted by molar-refractivity contribution is 0.0461. The van der Waals surface area contributed by atoms with Crippen LogP contribution < -0.4 is 0 Å². The molecule has 0 heterocycles. The summed E-state index contributed by atoms with van der Waals surface area (Å²) < 4.78 is 11.2. The molecule has 0 N–H and O–H groups in total. The SMILES string of the molecule is CCCCCCCCCCCCCCCN(CC)CCOC(=O)c1cccc(C(=O)OCCN(CC)CCCCCCCCCCCCCCC)c1. The standard InChI is InChI=1S/C46H84N2O4/c1-5-9-11-13-15-17-19-21-23-25-27-29-31-36-47(7-3)38-40-51-45(49)43-34-33-35-44(42-43)46(50)52-41-39-48(8-4)37-32-30-28-26-24-22-20-18-16-14-12-10-6-2/h33-35,42H,5-32,36-41H2,1-4H3. The molecule has 0 atom stereocenters. The molecule has 0 aliphatic rings. The Hall–Kier alpha value is -1.92. The Morgan fingerprint density at radius 3 is 1.00 bits per heavy atom. The molecule has 0 unspecified atom stereocenters. The van der Waals surface area contributed by atoms with Gasteiger partial charge >= 0.3 is 11.9 Å². The van der Waals surface area contributed by atoms with E-state index in [2.05, 4.69) is 37.5 Å². The molecule has 0 aromatic heterocycles. The largest absolute Gasteiger partial charge is 0.461 e. The molecule has 1 aromatic carbocycles. The van der Waals surface area contributed by atoms with E-state index in [4.69, 9.17) is 9.47 Å². The van der Waals surface area contributed by atoms with Gasteiger partial charge in [-0.15, -0.1) is 0 Å². The van der Waals surface area contributed by atoms with Crippen LogP contribution in [0.5, 0.6) is 0 Å². The third-order valence-corrected chi connectivity index (χ3v) is 10.7. The minimum atomic E-state index is -0.387. The highest BCUT2D eigenvalue weighted by atomic mass is 16.5. The zero-order chi connectivity index (χ0) is 37.7. The maximum atomic E-state index is 12.8. The van der Waals surface area contributed by atoms with Crippen LogP contribution in [-0.2, 0) is 9.47 Å². The number of nitrogens with zero attached hydrogens (tertiary/aromatic N) is 2. The second-order valence-corrected chi connectivity index (χ2v) is 15.2. The lowest BCUT2D eigenvalue weighted by Crippen LogP contribution is -2.29. The van der Waals surface area contributed by atoms with E-state index in [1.54, 1.807) is 24.3 Å². The molecule has 52 heavy (non-hydrogen) atoms. The van der Waals surface area contributed by atoms with Crippen molar-refractivity contribution in [2.75, 3.05) is 52.5 Å². The highest BCUT2D eigenvalue weighted by Gasteiger charge is 2.14. The monoisotopic (exact) mass is 729 g/mol. The van der Waals surface area contributed by atoms with E-state index in [0.29, 0.717) is 24.3 Å². The summed E-state index contributed by atoms with van der Waals surface area (Å²) >= 11 is 0. The van der Waals surface area contributed by atoms with Crippen molar-refractivity contribution in [3.63, 3.8) is 0 Å². The Kier molecular flexibility index (Phi) is 33.4. The van der Waals surface area contributed by atoms with Gasteiger partial charge in [0.05, 0.1) is 11.1 Å². The van der Waals surface area contributed by atoms with Crippen molar-refractivity contribution in [2.24, 2.45) is 0 Å². The molecule has 1 aromatic rings. The normalized spacial score (nSPS) is 11.5. The molecular formula is C46H84N2O4. The van der Waals surface area contributed by atoms with Crippen LogP contribution >= 0.6 is 0 Å². The highest BCUT2D eigenvalue weighted by molar-refractivity contribution is 5.95. The Morgan fingerprint density at radius 2 is 0.712 bits per heavy atom. The number of carbonyl (C=O) groups is 2. The minimum absolute atomic E-state index is 0.353. The zero-order valence-electron chi connectivity index (χ0n) is 34.9. The van der Waals surface area contributed by atoms with Crippen LogP contribution in [0.15, 0.2) is 24.3 Å². The van der Waals surface area contributed by atoms with E-state index in [1.165, 1.54) is 167 Å². The van der Waals surface area contributed by atoms with Gasteiger partial charge in [0.1, 0.15) is 13.2 Å². The molecule has 0 aliphatic heterocycles. The summed E-state index contributed by atoms with van der Waals surface area (Å²) in [6.45, 7) is 15.0. The molecule has 0 saturated carbocycles. The lowest BCUT2D eigenvalue weighted by Gasteiger charge is -2.20. The number of carbonyl (C=O) groups excluding carboxylic acids is 2. The van der Waals surface area contributed by atoms with Gasteiger partial charge in [0, 0.05) is 13.1 Å². The van der Waals surface area contributed by atoms with Crippen molar-refractivity contribution in [3.05, 3.63) is 35.4 Å². The van der Waals surface area contributed by atoms with Crippen LogP contribution in [0, 0.1) is 0 Å². The molecule has 1 rings (SSSR count). The maximum absolute atomic E-state index is 12.8. The van der Waals surface area contributed by atoms with Crippen molar-refractivity contribution in [1.82, 2.24) is 9.80 Å². The second kappa shape index (κ2) is 36.1. The van der Waals surface area contributed by atoms with Gasteiger partial charge < -0.3 is 19.3 Å². The van der Waals surface area contributed by atoms with Gasteiger partial charge in [0.25, 0.3) is 0 Å². The van der Waals surface area contributed by atoms with E-state index in [-0.39, 0.29) is 11.9 Å². The third kappa shape index (κ3) is 27.7. The summed E-state index contributed by atoms with van der Waals surface area (Å²) in [6.07, 6.45) is 35.4. The Labute approximate surface area is 322 Å². The molecule has 302 valence electrons. The number of ether oxygens (including phenoxy) is 2. The Balaban J connectivity index is 2.15. The van der Waals surface area contributed by atoms with Crippen LogP contribution in [0.4, 0.5) is 0 Å². The fourth-order valence-corrected chi connectivity index (χ4v) is 7.04. The number of unbranched alkanes of at least 4 members (excludes halogenated alkanes) is 24. The summed E-state index contributed by atoms with van der Waals surface area (Å²) in [5.41, 5.74) is 0.790. The minimum Gasteiger partial charge on any atom is -0.461 e. The average Bonchev–Trinajstić information content (AvgIpc) is 3.16. The quantitative estimate of drug-likeness (QED) is 0.0499. The topological polar surface area (TPSA) is 59.1 Å². The molecular weight excluding hydrogens is 645 g/mol. The van der Waals surface area contributed by atoms with Crippen molar-refractivity contribution in [3.8, 4) is 0 Å². The van der Waals surface area contributed by atoms with E-state index in [9.17, 15) is 9.59 Å². The van der Waals surface area contributed by atoms with Crippen molar-refractivity contribution in [2.45, 2.75) is 195 Å². The smallest absolute Gasteiger partial charge is 0.338 e. The Morgan fingerprint density at radius 1 is 0.423 bits per heavy atom. The zero-order valence-corrected chi connectivity index (χ0v) is 34.9. The fourth-order valence-electron chi connectivity index (χ4n) is 7.04. The Bertz CT molecular complexity index is 883. The molecule has 0 aliphatic carbocycles. The molecule has 0 spiro atoms. The first kappa shape index (κ1) is 48.1. The summed E-state index contributed by atoms with van der Waals surface area (Å²) in [5.74, 6) is -0.775. The highest BCUT2D eigenvalue weighted by Crippen LogP contribution is 2.15. The predicted octanol–water partition coefficient (Wildman–Crippen LogP) is 12.8. The van der Waals surface area contributed by atoms with Crippen molar-refractivity contribution in [1.29, 1.82) is 0 Å². The lowest BCUT2D eigenvalue weighted by atomic mass is 10.0. The number of rotatable bonds is 38. The summed E-state index contributed by atoms with van der Waals surface area (Å²) in [6, 6.07) is 6.74. The summed E-state index contributed by atoms with van der Waals surface area (Å²) in [7, 11) is 0. The van der Waals surface area contributed by atoms with Gasteiger partial charge in [-0.1, -0.05) is 188 Å². The number of hydrogen-bond acceptors (Lipinski definition) is 6. The first-order valence-electron chi connectivity index (χ1n) is 22.4. The number of esters is 2. The van der Waals surface area contributed by atoms with Gasteiger partial charge in [-0.05, 0) is 57.2 Å². The molecule has 0 fully saturated rings. The van der Waals surface area contributed by atoms with Gasteiger partial charge in [-0.25, -0.2) is 9.59 Å². The van der Waals surface area contributed by atoms with Crippen LogP contribution in [0.25, 0.3) is 0 Å². The van der Waals surface area contributed by atoms with Crippen molar-refractivity contribution < 1.29 is 19.1 Å². The van der Waals surface area contributed by atoms with Crippen molar-refractivity contribution >= 4 is 11.9 Å². The first-order valence-corrected chi connectivity index (χ1v) is 22.4.